The Kier molecular flexibility index (Phi) is 5.85. The first-order valence-corrected chi connectivity index (χ1v) is 11.3. The number of carbonyl (C=O) groups excluding carboxylic acids is 1. The molecule has 0 fully saturated rings. The summed E-state index contributed by atoms with van der Waals surface area (Å²) in [6.45, 7) is 7.76. The van der Waals surface area contributed by atoms with E-state index >= 15 is 0 Å². The van der Waals surface area contributed by atoms with Gasteiger partial charge < -0.3 is 5.32 Å². The molecule has 0 unspecified atom stereocenters. The zero-order chi connectivity index (χ0) is 21.3. The van der Waals surface area contributed by atoms with Crippen molar-refractivity contribution in [3.8, 4) is 10.6 Å². The van der Waals surface area contributed by atoms with E-state index in [0.717, 1.165) is 53.5 Å². The number of nitrogens with one attached hydrogen (secondary N) is 1. The lowest BCUT2D eigenvalue weighted by Gasteiger charge is -2.09. The van der Waals surface area contributed by atoms with Crippen LogP contribution < -0.4 is 11.0 Å². The molecule has 1 aliphatic rings. The van der Waals surface area contributed by atoms with Gasteiger partial charge in [0.15, 0.2) is 0 Å². The van der Waals surface area contributed by atoms with E-state index in [4.69, 9.17) is 0 Å². The zero-order valence-electron chi connectivity index (χ0n) is 17.7. The maximum absolute atomic E-state index is 12.7. The smallest absolute Gasteiger partial charge is 0.345 e. The summed E-state index contributed by atoms with van der Waals surface area (Å²) in [7, 11) is 0. The molecule has 0 aliphatic carbocycles. The van der Waals surface area contributed by atoms with Gasteiger partial charge in [-0.15, -0.1) is 11.3 Å². The second-order valence-electron chi connectivity index (χ2n) is 7.89. The molecule has 3 aromatic rings. The van der Waals surface area contributed by atoms with Crippen LogP contribution in [0.5, 0.6) is 0 Å². The minimum absolute atomic E-state index is 0.0348. The molecule has 0 spiro atoms. The second-order valence-corrected chi connectivity index (χ2v) is 8.89. The quantitative estimate of drug-likeness (QED) is 0.615. The van der Waals surface area contributed by atoms with Crippen molar-refractivity contribution in [2.75, 3.05) is 6.54 Å². The highest BCUT2D eigenvalue weighted by Crippen LogP contribution is 2.30. The minimum Gasteiger partial charge on any atom is -0.351 e. The van der Waals surface area contributed by atoms with Crippen LogP contribution in [0.25, 0.3) is 10.6 Å². The van der Waals surface area contributed by atoms with Gasteiger partial charge in [-0.3, -0.25) is 9.36 Å². The summed E-state index contributed by atoms with van der Waals surface area (Å²) in [5.74, 6) is 0.770. The van der Waals surface area contributed by atoms with Gasteiger partial charge >= 0.3 is 5.69 Å². The molecule has 7 nitrogen and oxygen atoms in total. The van der Waals surface area contributed by atoms with Crippen molar-refractivity contribution in [2.45, 2.75) is 59.5 Å². The Morgan fingerprint density at radius 3 is 2.83 bits per heavy atom. The Morgan fingerprint density at radius 1 is 1.23 bits per heavy atom. The monoisotopic (exact) mass is 425 g/mol. The van der Waals surface area contributed by atoms with Crippen molar-refractivity contribution in [3.63, 3.8) is 0 Å². The molecule has 0 bridgehead atoms. The first kappa shape index (κ1) is 20.5. The van der Waals surface area contributed by atoms with E-state index in [1.807, 2.05) is 6.92 Å². The summed E-state index contributed by atoms with van der Waals surface area (Å²) in [6, 6.07) is 6.25. The summed E-state index contributed by atoms with van der Waals surface area (Å²) >= 11 is 1.42. The molecular weight excluding hydrogens is 398 g/mol. The molecule has 4 rings (SSSR count). The number of carbonyl (C=O) groups is 1. The van der Waals surface area contributed by atoms with Crippen LogP contribution >= 0.6 is 11.3 Å². The molecule has 0 atom stereocenters. The van der Waals surface area contributed by atoms with Crippen LogP contribution in [0.3, 0.4) is 0 Å². The van der Waals surface area contributed by atoms with Crippen LogP contribution in [-0.4, -0.2) is 31.8 Å². The maximum Gasteiger partial charge on any atom is 0.345 e. The lowest BCUT2D eigenvalue weighted by molar-refractivity contribution is 0.0956. The zero-order valence-corrected chi connectivity index (χ0v) is 18.5. The number of hydrogen-bond acceptors (Lipinski definition) is 5. The molecule has 1 amide bonds. The van der Waals surface area contributed by atoms with Crippen LogP contribution in [0.1, 0.15) is 51.6 Å². The predicted molar refractivity (Wildman–Crippen MR) is 118 cm³/mol. The fraction of sp³-hybridized carbons (Fsp3) is 0.455. The molecular formula is C22H27N5O2S. The van der Waals surface area contributed by atoms with E-state index in [1.165, 1.54) is 21.6 Å². The summed E-state index contributed by atoms with van der Waals surface area (Å²) in [5, 5.41) is 8.26. The minimum atomic E-state index is -0.113. The topological polar surface area (TPSA) is 81.8 Å². The normalized spacial score (nSPS) is 13.3. The van der Waals surface area contributed by atoms with Gasteiger partial charge in [0.25, 0.3) is 5.91 Å². The van der Waals surface area contributed by atoms with Crippen molar-refractivity contribution >= 4 is 17.2 Å². The Hall–Kier alpha value is -2.74. The van der Waals surface area contributed by atoms with Crippen molar-refractivity contribution in [2.24, 2.45) is 0 Å². The Morgan fingerprint density at radius 2 is 2.07 bits per heavy atom. The Bertz CT molecular complexity index is 1140. The molecule has 0 saturated carbocycles. The highest BCUT2D eigenvalue weighted by molar-refractivity contribution is 7.17. The van der Waals surface area contributed by atoms with Gasteiger partial charge in [-0.05, 0) is 45.6 Å². The SMILES string of the molecule is Cc1ccc(-c2nc(C)c(C(=O)NCCCn3nc4n(c3=O)CCCC4)s2)c(C)c1. The summed E-state index contributed by atoms with van der Waals surface area (Å²) < 4.78 is 3.31. The Labute approximate surface area is 179 Å². The average molecular weight is 426 g/mol. The van der Waals surface area contributed by atoms with Crippen LogP contribution in [0.2, 0.25) is 0 Å². The van der Waals surface area contributed by atoms with Crippen LogP contribution in [0.4, 0.5) is 0 Å². The summed E-state index contributed by atoms with van der Waals surface area (Å²) in [4.78, 5) is 30.3. The number of aryl methyl sites for hydroxylation is 5. The van der Waals surface area contributed by atoms with Crippen LogP contribution in [-0.2, 0) is 19.5 Å². The number of benzene rings is 1. The molecule has 1 aromatic carbocycles. The summed E-state index contributed by atoms with van der Waals surface area (Å²) in [5.41, 5.74) is 4.14. The average Bonchev–Trinajstić information content (AvgIpc) is 3.25. The first-order valence-electron chi connectivity index (χ1n) is 10.4. The fourth-order valence-corrected chi connectivity index (χ4v) is 4.95. The molecule has 158 valence electrons. The Balaban J connectivity index is 1.36. The standard InChI is InChI=1S/C22H27N5O2S/c1-14-8-9-17(15(2)13-14)21-24-16(3)19(30-21)20(28)23-10-6-12-27-22(29)26-11-5-4-7-18(26)25-27/h8-9,13H,4-7,10-12H2,1-3H3,(H,23,28). The van der Waals surface area contributed by atoms with Gasteiger partial charge in [-0.2, -0.15) is 5.10 Å². The molecule has 30 heavy (non-hydrogen) atoms. The van der Waals surface area contributed by atoms with E-state index in [-0.39, 0.29) is 11.6 Å². The van der Waals surface area contributed by atoms with Gasteiger partial charge in [0.05, 0.1) is 5.69 Å². The number of thiazole rings is 1. The third-order valence-corrected chi connectivity index (χ3v) is 6.67. The predicted octanol–water partition coefficient (Wildman–Crippen LogP) is 3.25. The van der Waals surface area contributed by atoms with Crippen LogP contribution in [0.15, 0.2) is 23.0 Å². The number of nitrogens with zero attached hydrogens (tertiary/aromatic N) is 4. The van der Waals surface area contributed by atoms with E-state index < -0.39 is 0 Å². The number of hydrogen-bond donors (Lipinski definition) is 1. The molecule has 2 aromatic heterocycles. The van der Waals surface area contributed by atoms with E-state index in [0.29, 0.717) is 24.4 Å². The van der Waals surface area contributed by atoms with Crippen molar-refractivity contribution in [1.29, 1.82) is 0 Å². The molecule has 8 heteroatoms. The van der Waals surface area contributed by atoms with Gasteiger partial charge in [0.2, 0.25) is 0 Å². The van der Waals surface area contributed by atoms with Crippen molar-refractivity contribution in [1.82, 2.24) is 24.6 Å². The fourth-order valence-electron chi connectivity index (χ4n) is 3.88. The highest BCUT2D eigenvalue weighted by Gasteiger charge is 2.18. The van der Waals surface area contributed by atoms with E-state index in [1.54, 1.807) is 4.57 Å². The van der Waals surface area contributed by atoms with Crippen molar-refractivity contribution < 1.29 is 4.79 Å². The van der Waals surface area contributed by atoms with Gasteiger partial charge in [0, 0.05) is 31.6 Å². The molecule has 3 heterocycles. The van der Waals surface area contributed by atoms with Gasteiger partial charge in [0.1, 0.15) is 15.7 Å². The van der Waals surface area contributed by atoms with Gasteiger partial charge in [-0.1, -0.05) is 23.8 Å². The number of fused-ring (bicyclic) bond motifs is 1. The maximum atomic E-state index is 12.7. The second kappa shape index (κ2) is 8.55. The number of amides is 1. The largest absolute Gasteiger partial charge is 0.351 e. The van der Waals surface area contributed by atoms with Gasteiger partial charge in [-0.25, -0.2) is 14.5 Å². The lowest BCUT2D eigenvalue weighted by Crippen LogP contribution is -2.29. The van der Waals surface area contributed by atoms with E-state index in [9.17, 15) is 9.59 Å². The number of aromatic nitrogens is 4. The lowest BCUT2D eigenvalue weighted by atomic mass is 10.1. The third kappa shape index (κ3) is 4.09. The molecule has 1 N–H and O–H groups in total. The van der Waals surface area contributed by atoms with E-state index in [2.05, 4.69) is 47.4 Å². The van der Waals surface area contributed by atoms with Crippen molar-refractivity contribution in [3.05, 3.63) is 56.2 Å². The summed E-state index contributed by atoms with van der Waals surface area (Å²) in [6.07, 6.45) is 3.65. The first-order chi connectivity index (χ1) is 14.4. The third-order valence-electron chi connectivity index (χ3n) is 5.48. The number of rotatable bonds is 6. The molecule has 0 saturated heterocycles. The highest BCUT2D eigenvalue weighted by atomic mass is 32.1. The molecule has 1 aliphatic heterocycles. The van der Waals surface area contributed by atoms with Crippen LogP contribution in [0, 0.1) is 20.8 Å². The molecule has 0 radical (unpaired) electrons.